The Labute approximate surface area is 83.8 Å². The summed E-state index contributed by atoms with van der Waals surface area (Å²) in [6.45, 7) is 2.23. The molecule has 0 atom stereocenters. The molecule has 80 valence electrons. The van der Waals surface area contributed by atoms with Gasteiger partial charge in [-0.1, -0.05) is 6.92 Å². The molecule has 0 amide bonds. The number of hydrogen-bond acceptors (Lipinski definition) is 4. The summed E-state index contributed by atoms with van der Waals surface area (Å²) in [5.41, 5.74) is 6.00. The van der Waals surface area contributed by atoms with E-state index in [0.29, 0.717) is 18.7 Å². The lowest BCUT2D eigenvalue weighted by molar-refractivity contribution is 0.579. The molecule has 0 saturated carbocycles. The van der Waals surface area contributed by atoms with E-state index >= 15 is 0 Å². The van der Waals surface area contributed by atoms with Crippen LogP contribution in [0.4, 0.5) is 5.69 Å². The Bertz CT molecular complexity index is 383. The second-order valence-corrected chi connectivity index (χ2v) is 5.49. The molecule has 2 N–H and O–H groups in total. The molecule has 0 bridgehead atoms. The highest BCUT2D eigenvalue weighted by Gasteiger charge is 2.09. The van der Waals surface area contributed by atoms with Crippen LogP contribution in [0.3, 0.4) is 0 Å². The normalized spacial score (nSPS) is 11.8. The van der Waals surface area contributed by atoms with Gasteiger partial charge < -0.3 is 5.73 Å². The van der Waals surface area contributed by atoms with Crippen LogP contribution in [0.15, 0.2) is 12.4 Å². The molecule has 0 spiro atoms. The molecule has 0 aliphatic heterocycles. The predicted octanol–water partition coefficient (Wildman–Crippen LogP) is 0.290. The zero-order chi connectivity index (χ0) is 10.6. The average molecular weight is 217 g/mol. The minimum atomic E-state index is -2.92. The van der Waals surface area contributed by atoms with Crippen LogP contribution < -0.4 is 5.73 Å². The summed E-state index contributed by atoms with van der Waals surface area (Å²) in [4.78, 5) is 0. The van der Waals surface area contributed by atoms with Gasteiger partial charge in [-0.3, -0.25) is 4.68 Å². The largest absolute Gasteiger partial charge is 0.396 e. The summed E-state index contributed by atoms with van der Waals surface area (Å²) in [5, 5.41) is 3.91. The quantitative estimate of drug-likeness (QED) is 0.769. The van der Waals surface area contributed by atoms with Gasteiger partial charge in [0, 0.05) is 11.9 Å². The van der Waals surface area contributed by atoms with E-state index in [0.717, 1.165) is 0 Å². The third kappa shape index (κ3) is 3.37. The maximum absolute atomic E-state index is 11.3. The molecule has 0 aliphatic rings. The number of sulfone groups is 1. The Kier molecular flexibility index (Phi) is 3.51. The highest BCUT2D eigenvalue weighted by atomic mass is 32.2. The second kappa shape index (κ2) is 4.45. The van der Waals surface area contributed by atoms with Crippen molar-refractivity contribution in [2.24, 2.45) is 0 Å². The molecule has 1 rings (SSSR count). The first-order chi connectivity index (χ1) is 6.53. The number of nitrogens with zero attached hydrogens (tertiary/aromatic N) is 2. The molecule has 0 fully saturated rings. The zero-order valence-electron chi connectivity index (χ0n) is 8.18. The fourth-order valence-corrected chi connectivity index (χ4v) is 2.44. The Balaban J connectivity index is 2.48. The summed E-state index contributed by atoms with van der Waals surface area (Å²) in [7, 11) is -2.92. The predicted molar refractivity (Wildman–Crippen MR) is 55.6 cm³/mol. The van der Waals surface area contributed by atoms with Crippen molar-refractivity contribution in [2.75, 3.05) is 17.2 Å². The molecule has 0 aromatic carbocycles. The zero-order valence-corrected chi connectivity index (χ0v) is 9.00. The van der Waals surface area contributed by atoms with Crippen molar-refractivity contribution >= 4 is 15.5 Å². The van der Waals surface area contributed by atoms with Crippen LogP contribution in [-0.2, 0) is 16.4 Å². The number of aromatic nitrogens is 2. The standard InChI is InChI=1S/C8H15N3O2S/c1-2-4-14(12,13)5-3-11-7-8(9)6-10-11/h6-7H,2-5,9H2,1H3. The van der Waals surface area contributed by atoms with Gasteiger partial charge in [-0.25, -0.2) is 8.42 Å². The number of anilines is 1. The number of nitrogen functional groups attached to an aromatic ring is 1. The Morgan fingerprint density at radius 2 is 2.21 bits per heavy atom. The first-order valence-electron chi connectivity index (χ1n) is 4.52. The van der Waals surface area contributed by atoms with Crippen molar-refractivity contribution in [1.29, 1.82) is 0 Å². The van der Waals surface area contributed by atoms with Gasteiger partial charge in [0.15, 0.2) is 9.84 Å². The van der Waals surface area contributed by atoms with Crippen molar-refractivity contribution in [2.45, 2.75) is 19.9 Å². The van der Waals surface area contributed by atoms with Gasteiger partial charge in [0.2, 0.25) is 0 Å². The molecule has 14 heavy (non-hydrogen) atoms. The van der Waals surface area contributed by atoms with E-state index in [1.54, 1.807) is 10.9 Å². The molecular weight excluding hydrogens is 202 g/mol. The van der Waals surface area contributed by atoms with Crippen LogP contribution in [0.1, 0.15) is 13.3 Å². The maximum Gasteiger partial charge on any atom is 0.152 e. The summed E-state index contributed by atoms with van der Waals surface area (Å²) in [6.07, 6.45) is 3.79. The highest BCUT2D eigenvalue weighted by Crippen LogP contribution is 2.00. The van der Waals surface area contributed by atoms with Crippen LogP contribution in [-0.4, -0.2) is 29.7 Å². The van der Waals surface area contributed by atoms with Crippen molar-refractivity contribution in [3.05, 3.63) is 12.4 Å². The average Bonchev–Trinajstić information content (AvgIpc) is 2.48. The Hall–Kier alpha value is -1.04. The van der Waals surface area contributed by atoms with E-state index in [1.165, 1.54) is 6.20 Å². The van der Waals surface area contributed by atoms with E-state index in [4.69, 9.17) is 5.73 Å². The number of hydrogen-bond donors (Lipinski definition) is 1. The van der Waals surface area contributed by atoms with Crippen molar-refractivity contribution < 1.29 is 8.42 Å². The maximum atomic E-state index is 11.3. The SMILES string of the molecule is CCCS(=O)(=O)CCn1cc(N)cn1. The molecule has 1 aromatic heterocycles. The van der Waals surface area contributed by atoms with E-state index in [-0.39, 0.29) is 11.5 Å². The first-order valence-corrected chi connectivity index (χ1v) is 6.34. The van der Waals surface area contributed by atoms with Crippen LogP contribution >= 0.6 is 0 Å². The molecular formula is C8H15N3O2S. The van der Waals surface area contributed by atoms with Gasteiger partial charge >= 0.3 is 0 Å². The third-order valence-electron chi connectivity index (χ3n) is 1.80. The van der Waals surface area contributed by atoms with Gasteiger partial charge in [-0.15, -0.1) is 0 Å². The summed E-state index contributed by atoms with van der Waals surface area (Å²) in [5.74, 6) is 0.367. The summed E-state index contributed by atoms with van der Waals surface area (Å²) >= 11 is 0. The van der Waals surface area contributed by atoms with Crippen LogP contribution in [0.2, 0.25) is 0 Å². The molecule has 5 nitrogen and oxygen atoms in total. The van der Waals surface area contributed by atoms with E-state index in [2.05, 4.69) is 5.10 Å². The fraction of sp³-hybridized carbons (Fsp3) is 0.625. The van der Waals surface area contributed by atoms with E-state index in [9.17, 15) is 8.42 Å². The lowest BCUT2D eigenvalue weighted by Crippen LogP contribution is -2.15. The van der Waals surface area contributed by atoms with Gasteiger partial charge in [0.05, 0.1) is 24.2 Å². The smallest absolute Gasteiger partial charge is 0.152 e. The number of aryl methyl sites for hydroxylation is 1. The summed E-state index contributed by atoms with van der Waals surface area (Å²) < 4.78 is 24.2. The molecule has 0 radical (unpaired) electrons. The lowest BCUT2D eigenvalue weighted by atomic mass is 10.6. The molecule has 6 heteroatoms. The Morgan fingerprint density at radius 3 is 2.71 bits per heavy atom. The fourth-order valence-electron chi connectivity index (χ4n) is 1.15. The molecule has 0 saturated heterocycles. The van der Waals surface area contributed by atoms with Crippen molar-refractivity contribution in [1.82, 2.24) is 9.78 Å². The number of rotatable bonds is 5. The van der Waals surface area contributed by atoms with Crippen LogP contribution in [0.25, 0.3) is 0 Å². The number of nitrogens with two attached hydrogens (primary N) is 1. The monoisotopic (exact) mass is 217 g/mol. The first kappa shape index (κ1) is 11.0. The second-order valence-electron chi connectivity index (χ2n) is 3.19. The van der Waals surface area contributed by atoms with E-state index < -0.39 is 9.84 Å². The summed E-state index contributed by atoms with van der Waals surface area (Å²) in [6, 6.07) is 0. The highest BCUT2D eigenvalue weighted by molar-refractivity contribution is 7.91. The molecule has 0 unspecified atom stereocenters. The van der Waals surface area contributed by atoms with Gasteiger partial charge in [0.25, 0.3) is 0 Å². The van der Waals surface area contributed by atoms with Gasteiger partial charge in [0.1, 0.15) is 0 Å². The van der Waals surface area contributed by atoms with Crippen LogP contribution in [0, 0.1) is 0 Å². The van der Waals surface area contributed by atoms with Gasteiger partial charge in [-0.05, 0) is 6.42 Å². The minimum Gasteiger partial charge on any atom is -0.396 e. The van der Waals surface area contributed by atoms with Crippen molar-refractivity contribution in [3.63, 3.8) is 0 Å². The molecule has 0 aliphatic carbocycles. The minimum absolute atomic E-state index is 0.127. The van der Waals surface area contributed by atoms with Crippen molar-refractivity contribution in [3.8, 4) is 0 Å². The third-order valence-corrected chi connectivity index (χ3v) is 3.63. The van der Waals surface area contributed by atoms with Gasteiger partial charge in [-0.2, -0.15) is 5.10 Å². The lowest BCUT2D eigenvalue weighted by Gasteiger charge is -2.02. The van der Waals surface area contributed by atoms with Crippen LogP contribution in [0.5, 0.6) is 0 Å². The topological polar surface area (TPSA) is 78.0 Å². The Morgan fingerprint density at radius 1 is 1.50 bits per heavy atom. The van der Waals surface area contributed by atoms with E-state index in [1.807, 2.05) is 6.92 Å². The molecule has 1 aromatic rings. The molecule has 1 heterocycles.